The number of halogens is 2. The first-order valence-corrected chi connectivity index (χ1v) is 10.9. The second-order valence-corrected chi connectivity index (χ2v) is 8.69. The van der Waals surface area contributed by atoms with Gasteiger partial charge in [0.15, 0.2) is 0 Å². The van der Waals surface area contributed by atoms with E-state index in [4.69, 9.17) is 16.6 Å². The monoisotopic (exact) mass is 439 g/mol. The normalized spacial score (nSPS) is 17.0. The van der Waals surface area contributed by atoms with Gasteiger partial charge in [0.1, 0.15) is 5.82 Å². The summed E-state index contributed by atoms with van der Waals surface area (Å²) in [5.41, 5.74) is 5.15. The van der Waals surface area contributed by atoms with Gasteiger partial charge in [-0.15, -0.1) is 0 Å². The molecule has 2 aromatic heterocycles. The number of hydrogen-bond donors (Lipinski definition) is 0. The molecule has 3 aromatic rings. The lowest BCUT2D eigenvalue weighted by Gasteiger charge is -2.36. The maximum Gasteiger partial charge on any atom is 0.225 e. The molecule has 162 valence electrons. The second-order valence-electron chi connectivity index (χ2n) is 8.28. The molecule has 31 heavy (non-hydrogen) atoms. The van der Waals surface area contributed by atoms with E-state index in [9.17, 15) is 4.39 Å². The van der Waals surface area contributed by atoms with Crippen LogP contribution in [-0.4, -0.2) is 40.5 Å². The van der Waals surface area contributed by atoms with Crippen molar-refractivity contribution in [3.8, 4) is 11.1 Å². The van der Waals surface area contributed by atoms with E-state index in [0.29, 0.717) is 12.5 Å². The fourth-order valence-corrected chi connectivity index (χ4v) is 4.32. The molecule has 0 N–H and O–H groups in total. The minimum absolute atomic E-state index is 0.122. The summed E-state index contributed by atoms with van der Waals surface area (Å²) < 4.78 is 14.0. The number of anilines is 1. The fourth-order valence-electron chi connectivity index (χ4n) is 4.20. The van der Waals surface area contributed by atoms with Crippen LogP contribution in [0.4, 0.5) is 10.3 Å². The Labute approximate surface area is 187 Å². The third-order valence-corrected chi connectivity index (χ3v) is 6.12. The molecule has 0 spiro atoms. The first-order valence-electron chi connectivity index (χ1n) is 10.6. The third kappa shape index (κ3) is 4.70. The second kappa shape index (κ2) is 9.28. The molecule has 4 rings (SSSR count). The van der Waals surface area contributed by atoms with Gasteiger partial charge in [-0.25, -0.2) is 14.4 Å². The number of pyridine rings is 1. The lowest BCUT2D eigenvalue weighted by Crippen LogP contribution is -2.34. The van der Waals surface area contributed by atoms with Crippen LogP contribution in [0.2, 0.25) is 5.02 Å². The summed E-state index contributed by atoms with van der Waals surface area (Å²) in [5.74, 6) is 0.311. The highest BCUT2D eigenvalue weighted by Gasteiger charge is 2.29. The van der Waals surface area contributed by atoms with Crippen molar-refractivity contribution in [1.82, 2.24) is 19.9 Å². The van der Waals surface area contributed by atoms with Gasteiger partial charge < -0.3 is 4.90 Å². The predicted molar refractivity (Wildman–Crippen MR) is 123 cm³/mol. The summed E-state index contributed by atoms with van der Waals surface area (Å²) in [5, 5.41) is 0.154. The Kier molecular flexibility index (Phi) is 6.49. The highest BCUT2D eigenvalue weighted by atomic mass is 35.5. The molecule has 3 heterocycles. The van der Waals surface area contributed by atoms with E-state index in [-0.39, 0.29) is 16.9 Å². The molecule has 0 aliphatic carbocycles. The van der Waals surface area contributed by atoms with Crippen LogP contribution in [0.5, 0.6) is 0 Å². The largest absolute Gasteiger partial charge is 0.347 e. The molecule has 1 aromatic carbocycles. The highest BCUT2D eigenvalue weighted by Crippen LogP contribution is 2.38. The Bertz CT molecular complexity index is 1070. The molecule has 1 aliphatic heterocycles. The Morgan fingerprint density at radius 3 is 2.74 bits per heavy atom. The first kappa shape index (κ1) is 21.7. The number of rotatable bonds is 5. The van der Waals surface area contributed by atoms with Gasteiger partial charge in [0, 0.05) is 44.8 Å². The minimum atomic E-state index is -0.377. The lowest BCUT2D eigenvalue weighted by atomic mass is 9.92. The zero-order chi connectivity index (χ0) is 22.0. The summed E-state index contributed by atoms with van der Waals surface area (Å²) in [6.07, 6.45) is 8.84. The van der Waals surface area contributed by atoms with Crippen molar-refractivity contribution in [2.45, 2.75) is 38.8 Å². The van der Waals surface area contributed by atoms with Crippen molar-refractivity contribution in [2.24, 2.45) is 0 Å². The average Bonchev–Trinajstić information content (AvgIpc) is 2.77. The molecule has 1 fully saturated rings. The standard InChI is InChI=1S/C24H27ClFN5/c1-16-13-27-10-9-18(16)19-14-28-24(30(2)3)29-23(19)22-6-4-5-11-31(22)15-17-7-8-20(25)21(26)12-17/h7-10,12-14,22H,4-6,11,15H2,1-3H3/t22-/m1/s1. The molecule has 0 radical (unpaired) electrons. The minimum Gasteiger partial charge on any atom is -0.347 e. The first-order chi connectivity index (χ1) is 14.9. The van der Waals surface area contributed by atoms with Gasteiger partial charge in [0.2, 0.25) is 5.95 Å². The fraction of sp³-hybridized carbons (Fsp3) is 0.375. The van der Waals surface area contributed by atoms with Gasteiger partial charge in [-0.05, 0) is 61.2 Å². The quantitative estimate of drug-likeness (QED) is 0.530. The molecule has 1 saturated heterocycles. The number of hydrogen-bond acceptors (Lipinski definition) is 5. The van der Waals surface area contributed by atoms with E-state index in [1.165, 1.54) is 6.07 Å². The molecule has 0 saturated carbocycles. The van der Waals surface area contributed by atoms with Crippen LogP contribution < -0.4 is 4.90 Å². The maximum atomic E-state index is 14.0. The van der Waals surface area contributed by atoms with E-state index in [0.717, 1.165) is 53.8 Å². The summed E-state index contributed by atoms with van der Waals surface area (Å²) in [7, 11) is 3.90. The van der Waals surface area contributed by atoms with E-state index in [1.807, 2.05) is 43.5 Å². The van der Waals surface area contributed by atoms with Gasteiger partial charge in [-0.3, -0.25) is 9.88 Å². The zero-order valence-corrected chi connectivity index (χ0v) is 18.9. The smallest absolute Gasteiger partial charge is 0.225 e. The summed E-state index contributed by atoms with van der Waals surface area (Å²) in [6.45, 7) is 3.64. The van der Waals surface area contributed by atoms with E-state index >= 15 is 0 Å². The summed E-state index contributed by atoms with van der Waals surface area (Å²) >= 11 is 5.88. The number of benzene rings is 1. The van der Waals surface area contributed by atoms with Crippen LogP contribution in [0.15, 0.2) is 42.9 Å². The van der Waals surface area contributed by atoms with Crippen LogP contribution >= 0.6 is 11.6 Å². The van der Waals surface area contributed by atoms with E-state index in [1.54, 1.807) is 12.3 Å². The van der Waals surface area contributed by atoms with Crippen LogP contribution in [0.25, 0.3) is 11.1 Å². The number of aromatic nitrogens is 3. The zero-order valence-electron chi connectivity index (χ0n) is 18.1. The van der Waals surface area contributed by atoms with Gasteiger partial charge >= 0.3 is 0 Å². The molecule has 1 aliphatic rings. The van der Waals surface area contributed by atoms with Crippen molar-refractivity contribution in [1.29, 1.82) is 0 Å². The molecular formula is C24H27ClFN5. The van der Waals surface area contributed by atoms with E-state index in [2.05, 4.69) is 21.8 Å². The van der Waals surface area contributed by atoms with Gasteiger partial charge in [-0.2, -0.15) is 0 Å². The van der Waals surface area contributed by atoms with Crippen molar-refractivity contribution in [3.63, 3.8) is 0 Å². The lowest BCUT2D eigenvalue weighted by molar-refractivity contribution is 0.137. The Morgan fingerprint density at radius 2 is 2.00 bits per heavy atom. The molecule has 0 amide bonds. The van der Waals surface area contributed by atoms with Gasteiger partial charge in [0.25, 0.3) is 0 Å². The number of piperidine rings is 1. The third-order valence-electron chi connectivity index (χ3n) is 5.81. The summed E-state index contributed by atoms with van der Waals surface area (Å²) in [4.78, 5) is 18.1. The molecule has 1 atom stereocenters. The van der Waals surface area contributed by atoms with Gasteiger partial charge in [0.05, 0.1) is 16.8 Å². The predicted octanol–water partition coefficient (Wildman–Crippen LogP) is 5.43. The van der Waals surface area contributed by atoms with Gasteiger partial charge in [-0.1, -0.05) is 24.1 Å². The molecule has 5 nitrogen and oxygen atoms in total. The number of aryl methyl sites for hydroxylation is 1. The van der Waals surface area contributed by atoms with Crippen LogP contribution in [0.3, 0.4) is 0 Å². The summed E-state index contributed by atoms with van der Waals surface area (Å²) in [6, 6.07) is 7.21. The molecular weight excluding hydrogens is 413 g/mol. The number of likely N-dealkylation sites (tertiary alicyclic amines) is 1. The van der Waals surface area contributed by atoms with Crippen LogP contribution in [0, 0.1) is 12.7 Å². The molecule has 0 unspecified atom stereocenters. The number of nitrogens with zero attached hydrogens (tertiary/aromatic N) is 5. The highest BCUT2D eigenvalue weighted by molar-refractivity contribution is 6.30. The van der Waals surface area contributed by atoms with Crippen molar-refractivity contribution in [2.75, 3.05) is 25.5 Å². The average molecular weight is 440 g/mol. The topological polar surface area (TPSA) is 45.2 Å². The molecule has 7 heteroatoms. The van der Waals surface area contributed by atoms with Crippen LogP contribution in [-0.2, 0) is 6.54 Å². The van der Waals surface area contributed by atoms with Crippen LogP contribution in [0.1, 0.15) is 42.1 Å². The molecule has 0 bridgehead atoms. The maximum absolute atomic E-state index is 14.0. The van der Waals surface area contributed by atoms with E-state index < -0.39 is 0 Å². The van der Waals surface area contributed by atoms with Crippen molar-refractivity contribution >= 4 is 17.5 Å². The Morgan fingerprint density at radius 1 is 1.16 bits per heavy atom. The SMILES string of the molecule is Cc1cnccc1-c1cnc(N(C)C)nc1[C@H]1CCCCN1Cc1ccc(Cl)c(F)c1. The Balaban J connectivity index is 1.76. The van der Waals surface area contributed by atoms with Crippen molar-refractivity contribution < 1.29 is 4.39 Å². The Hall–Kier alpha value is -2.57. The van der Waals surface area contributed by atoms with Crippen molar-refractivity contribution in [3.05, 3.63) is 70.5 Å².